The largest absolute Gasteiger partial charge is 0.389 e. The van der Waals surface area contributed by atoms with E-state index in [0.717, 1.165) is 29.4 Å². The first-order valence-corrected chi connectivity index (χ1v) is 8.61. The Hall–Kier alpha value is -2.24. The van der Waals surface area contributed by atoms with Crippen LogP contribution in [0, 0.1) is 13.8 Å². The van der Waals surface area contributed by atoms with E-state index in [4.69, 9.17) is 0 Å². The Morgan fingerprint density at radius 1 is 1.08 bits per heavy atom. The van der Waals surface area contributed by atoms with E-state index in [2.05, 4.69) is 40.0 Å². The molecule has 3 rings (SSSR count). The van der Waals surface area contributed by atoms with Gasteiger partial charge in [-0.15, -0.1) is 0 Å². The average Bonchev–Trinajstić information content (AvgIpc) is 2.89. The molecule has 2 heterocycles. The van der Waals surface area contributed by atoms with Crippen LogP contribution in [0.1, 0.15) is 36.5 Å². The number of aliphatic hydroxyl groups is 1. The van der Waals surface area contributed by atoms with Crippen LogP contribution in [0.5, 0.6) is 0 Å². The molecule has 132 valence electrons. The molecule has 0 amide bonds. The number of hydrogen-bond acceptors (Lipinski definition) is 4. The Bertz CT molecular complexity index is 849. The second-order valence-corrected chi connectivity index (χ2v) is 7.38. The third kappa shape index (κ3) is 4.65. The van der Waals surface area contributed by atoms with Crippen molar-refractivity contribution in [2.75, 3.05) is 6.54 Å². The summed E-state index contributed by atoms with van der Waals surface area (Å²) < 4.78 is 2.02. The van der Waals surface area contributed by atoms with Gasteiger partial charge in [-0.2, -0.15) is 0 Å². The van der Waals surface area contributed by atoms with Gasteiger partial charge in [-0.05, 0) is 39.3 Å². The molecule has 0 aliphatic carbocycles. The third-order valence-electron chi connectivity index (χ3n) is 4.06. The number of rotatable bonds is 6. The molecule has 0 radical (unpaired) electrons. The standard InChI is InChI=1S/C20H26N4O/c1-15-10-16(2)24-13-18(22-19(24)21-15)12-23(14-20(3,4)25)11-17-8-6-5-7-9-17/h5-10,13,25H,11-12,14H2,1-4H3. The lowest BCUT2D eigenvalue weighted by atomic mass is 10.1. The van der Waals surface area contributed by atoms with Gasteiger partial charge in [0, 0.05) is 37.2 Å². The topological polar surface area (TPSA) is 53.7 Å². The molecule has 0 saturated carbocycles. The summed E-state index contributed by atoms with van der Waals surface area (Å²) in [5.74, 6) is 0.732. The molecule has 0 unspecified atom stereocenters. The van der Waals surface area contributed by atoms with Gasteiger partial charge in [0.15, 0.2) is 0 Å². The summed E-state index contributed by atoms with van der Waals surface area (Å²) in [6, 6.07) is 12.4. The zero-order chi connectivity index (χ0) is 18.0. The molecule has 0 fully saturated rings. The summed E-state index contributed by atoms with van der Waals surface area (Å²) >= 11 is 0. The number of nitrogens with zero attached hydrogens (tertiary/aromatic N) is 4. The van der Waals surface area contributed by atoms with Crippen molar-refractivity contribution >= 4 is 5.78 Å². The van der Waals surface area contributed by atoms with Gasteiger partial charge < -0.3 is 5.11 Å². The summed E-state index contributed by atoms with van der Waals surface area (Å²) in [5.41, 5.74) is 3.51. The fraction of sp³-hybridized carbons (Fsp3) is 0.400. The van der Waals surface area contributed by atoms with Crippen LogP contribution < -0.4 is 0 Å². The van der Waals surface area contributed by atoms with Gasteiger partial charge in [-0.25, -0.2) is 9.97 Å². The monoisotopic (exact) mass is 338 g/mol. The van der Waals surface area contributed by atoms with E-state index in [1.807, 2.05) is 49.6 Å². The van der Waals surface area contributed by atoms with E-state index < -0.39 is 5.60 Å². The fourth-order valence-electron chi connectivity index (χ4n) is 3.18. The SMILES string of the molecule is Cc1cc(C)n2cc(CN(Cc3ccccc3)CC(C)(C)O)nc2n1. The highest BCUT2D eigenvalue weighted by Crippen LogP contribution is 2.15. The number of aromatic nitrogens is 3. The maximum absolute atomic E-state index is 10.3. The zero-order valence-corrected chi connectivity index (χ0v) is 15.4. The van der Waals surface area contributed by atoms with Gasteiger partial charge in [0.2, 0.25) is 5.78 Å². The number of imidazole rings is 1. The third-order valence-corrected chi connectivity index (χ3v) is 4.06. The van der Waals surface area contributed by atoms with Gasteiger partial charge >= 0.3 is 0 Å². The summed E-state index contributed by atoms with van der Waals surface area (Å²) in [6.45, 7) is 9.72. The Balaban J connectivity index is 1.85. The van der Waals surface area contributed by atoms with Gasteiger partial charge in [0.25, 0.3) is 0 Å². The minimum Gasteiger partial charge on any atom is -0.389 e. The maximum Gasteiger partial charge on any atom is 0.234 e. The molecule has 0 bridgehead atoms. The van der Waals surface area contributed by atoms with Crippen molar-refractivity contribution in [3.63, 3.8) is 0 Å². The molecule has 3 aromatic rings. The van der Waals surface area contributed by atoms with Crippen LogP contribution in [-0.4, -0.2) is 36.5 Å². The quantitative estimate of drug-likeness (QED) is 0.750. The average molecular weight is 338 g/mol. The second-order valence-electron chi connectivity index (χ2n) is 7.38. The molecule has 1 aromatic carbocycles. The lowest BCUT2D eigenvalue weighted by Crippen LogP contribution is -2.38. The molecule has 5 heteroatoms. The number of aryl methyl sites for hydroxylation is 2. The lowest BCUT2D eigenvalue weighted by molar-refractivity contribution is 0.0303. The first kappa shape index (κ1) is 17.6. The van der Waals surface area contributed by atoms with Crippen LogP contribution in [0.2, 0.25) is 0 Å². The van der Waals surface area contributed by atoms with Gasteiger partial charge in [-0.3, -0.25) is 9.30 Å². The van der Waals surface area contributed by atoms with Crippen molar-refractivity contribution in [3.05, 3.63) is 65.2 Å². The van der Waals surface area contributed by atoms with Crippen molar-refractivity contribution in [1.82, 2.24) is 19.3 Å². The van der Waals surface area contributed by atoms with E-state index in [-0.39, 0.29) is 0 Å². The number of hydrogen-bond donors (Lipinski definition) is 1. The molecule has 0 atom stereocenters. The molecule has 0 saturated heterocycles. The number of fused-ring (bicyclic) bond motifs is 1. The molecule has 5 nitrogen and oxygen atoms in total. The summed E-state index contributed by atoms with van der Waals surface area (Å²) in [5, 5.41) is 10.3. The molecule has 1 N–H and O–H groups in total. The van der Waals surface area contributed by atoms with E-state index in [0.29, 0.717) is 13.1 Å². The van der Waals surface area contributed by atoms with Crippen molar-refractivity contribution < 1.29 is 5.11 Å². The highest BCUT2D eigenvalue weighted by Gasteiger charge is 2.20. The summed E-state index contributed by atoms with van der Waals surface area (Å²) in [7, 11) is 0. The molecular formula is C20H26N4O. The first-order chi connectivity index (χ1) is 11.8. The summed E-state index contributed by atoms with van der Waals surface area (Å²) in [4.78, 5) is 11.4. The second kappa shape index (κ2) is 6.94. The normalized spacial score (nSPS) is 12.2. The Labute approximate surface area is 149 Å². The van der Waals surface area contributed by atoms with Crippen molar-refractivity contribution in [2.24, 2.45) is 0 Å². The van der Waals surface area contributed by atoms with Crippen molar-refractivity contribution in [2.45, 2.75) is 46.4 Å². The Morgan fingerprint density at radius 2 is 1.80 bits per heavy atom. The molecular weight excluding hydrogens is 312 g/mol. The minimum absolute atomic E-state index is 0.571. The van der Waals surface area contributed by atoms with Crippen molar-refractivity contribution in [3.8, 4) is 0 Å². The molecule has 2 aromatic heterocycles. The maximum atomic E-state index is 10.3. The van der Waals surface area contributed by atoms with Crippen LogP contribution in [0.15, 0.2) is 42.6 Å². The van der Waals surface area contributed by atoms with E-state index in [9.17, 15) is 5.11 Å². The van der Waals surface area contributed by atoms with Crippen LogP contribution in [0.3, 0.4) is 0 Å². The van der Waals surface area contributed by atoms with Crippen molar-refractivity contribution in [1.29, 1.82) is 0 Å². The predicted molar refractivity (Wildman–Crippen MR) is 99.3 cm³/mol. The highest BCUT2D eigenvalue weighted by atomic mass is 16.3. The van der Waals surface area contributed by atoms with Crippen LogP contribution in [0.4, 0.5) is 0 Å². The van der Waals surface area contributed by atoms with E-state index >= 15 is 0 Å². The van der Waals surface area contributed by atoms with Crippen LogP contribution in [-0.2, 0) is 13.1 Å². The highest BCUT2D eigenvalue weighted by molar-refractivity contribution is 5.34. The number of benzene rings is 1. The van der Waals surface area contributed by atoms with E-state index in [1.54, 1.807) is 0 Å². The van der Waals surface area contributed by atoms with Gasteiger partial charge in [0.1, 0.15) is 0 Å². The summed E-state index contributed by atoms with van der Waals surface area (Å²) in [6.07, 6.45) is 2.04. The van der Waals surface area contributed by atoms with Crippen LogP contribution in [0.25, 0.3) is 5.78 Å². The Morgan fingerprint density at radius 3 is 2.48 bits per heavy atom. The van der Waals surface area contributed by atoms with Gasteiger partial charge in [-0.1, -0.05) is 30.3 Å². The minimum atomic E-state index is -0.765. The zero-order valence-electron chi connectivity index (χ0n) is 15.4. The van der Waals surface area contributed by atoms with E-state index in [1.165, 1.54) is 5.56 Å². The first-order valence-electron chi connectivity index (χ1n) is 8.61. The molecule has 0 aliphatic rings. The lowest BCUT2D eigenvalue weighted by Gasteiger charge is -2.28. The predicted octanol–water partition coefficient (Wildman–Crippen LogP) is 3.12. The van der Waals surface area contributed by atoms with Crippen LogP contribution >= 0.6 is 0 Å². The smallest absolute Gasteiger partial charge is 0.234 e. The molecule has 0 aliphatic heterocycles. The Kier molecular flexibility index (Phi) is 4.88. The molecule has 25 heavy (non-hydrogen) atoms. The van der Waals surface area contributed by atoms with Gasteiger partial charge in [0.05, 0.1) is 11.3 Å². The molecule has 0 spiro atoms. The fourth-order valence-corrected chi connectivity index (χ4v) is 3.18.